The highest BCUT2D eigenvalue weighted by Gasteiger charge is 2.12. The first-order chi connectivity index (χ1) is 23.7. The van der Waals surface area contributed by atoms with E-state index in [1.165, 1.54) is 36.3 Å². The quantitative estimate of drug-likeness (QED) is 0.0754. The Hall–Kier alpha value is -5.99. The van der Waals surface area contributed by atoms with E-state index in [0.29, 0.717) is 22.8 Å². The topological polar surface area (TPSA) is 170 Å². The number of carbonyl (C=O) groups excluding carboxylic acids is 1. The van der Waals surface area contributed by atoms with Crippen LogP contribution >= 0.6 is 22.9 Å². The summed E-state index contributed by atoms with van der Waals surface area (Å²) in [5, 5.41) is 19.8. The molecule has 13 nitrogen and oxygen atoms in total. The van der Waals surface area contributed by atoms with Gasteiger partial charge in [0.25, 0.3) is 0 Å². The number of amides is 2. The normalized spacial score (nSPS) is 10.4. The molecular weight excluding hydrogens is 666 g/mol. The van der Waals surface area contributed by atoms with E-state index in [9.17, 15) is 14.9 Å². The van der Waals surface area contributed by atoms with Crippen molar-refractivity contribution in [3.63, 3.8) is 0 Å². The number of hydrogen-bond acceptors (Lipinski definition) is 11. The van der Waals surface area contributed by atoms with Gasteiger partial charge in [-0.1, -0.05) is 35.1 Å². The highest BCUT2D eigenvalue weighted by atomic mass is 35.5. The van der Waals surface area contributed by atoms with Crippen LogP contribution in [0.3, 0.4) is 0 Å². The number of nitrogens with zero attached hydrogens (tertiary/aromatic N) is 6. The maximum atomic E-state index is 12.7. The van der Waals surface area contributed by atoms with Crippen molar-refractivity contribution in [1.82, 2.24) is 24.9 Å². The van der Waals surface area contributed by atoms with Crippen molar-refractivity contribution in [3.8, 4) is 33.5 Å². The molecule has 0 aliphatic rings. The third-order valence-corrected chi connectivity index (χ3v) is 8.14. The summed E-state index contributed by atoms with van der Waals surface area (Å²) in [4.78, 5) is 44.1. The number of thiazole rings is 1. The number of nitro groups is 1. The van der Waals surface area contributed by atoms with Crippen molar-refractivity contribution < 1.29 is 14.5 Å². The van der Waals surface area contributed by atoms with Crippen LogP contribution in [0.2, 0.25) is 5.15 Å². The summed E-state index contributed by atoms with van der Waals surface area (Å²) >= 11 is 6.96. The zero-order valence-electron chi connectivity index (χ0n) is 26.5. The first-order valence-corrected chi connectivity index (χ1v) is 16.0. The molecule has 0 aliphatic heterocycles. The molecule has 3 N–H and O–H groups in total. The Balaban J connectivity index is 0.000000402. The van der Waals surface area contributed by atoms with Crippen molar-refractivity contribution in [3.05, 3.63) is 124 Å². The van der Waals surface area contributed by atoms with Crippen LogP contribution in [0.5, 0.6) is 11.8 Å². The molecule has 0 radical (unpaired) electrons. The molecular formula is C34H30ClN9O4S. The van der Waals surface area contributed by atoms with E-state index in [4.69, 9.17) is 16.3 Å². The van der Waals surface area contributed by atoms with Gasteiger partial charge in [-0.25, -0.2) is 24.7 Å². The van der Waals surface area contributed by atoms with Gasteiger partial charge in [0.15, 0.2) is 5.13 Å². The predicted octanol–water partition coefficient (Wildman–Crippen LogP) is 8.79. The monoisotopic (exact) mass is 695 g/mol. The molecule has 0 fully saturated rings. The number of hydrogen-bond donors (Lipinski definition) is 3. The fraction of sp³-hybridized carbons (Fsp3) is 0.118. The van der Waals surface area contributed by atoms with E-state index in [2.05, 4.69) is 53.9 Å². The summed E-state index contributed by atoms with van der Waals surface area (Å²) in [6, 6.07) is 19.8. The van der Waals surface area contributed by atoms with Gasteiger partial charge in [-0.05, 0) is 86.0 Å². The molecule has 0 atom stereocenters. The van der Waals surface area contributed by atoms with Gasteiger partial charge >= 0.3 is 17.7 Å². The van der Waals surface area contributed by atoms with Crippen molar-refractivity contribution in [2.75, 3.05) is 22.5 Å². The summed E-state index contributed by atoms with van der Waals surface area (Å²) in [6.07, 6.45) is 7.93. The minimum absolute atomic E-state index is 0.0764. The lowest BCUT2D eigenvalue weighted by Gasteiger charge is -2.12. The first kappa shape index (κ1) is 34.3. The standard InChI is InChI=1S/C29H27N7O2S.C5H3ClN2O2/c1-4-30-29-34-17-25(39-29)20-9-11-23(12-10-20)38-28-32-15-22(16-33-28)35-27(37)36-24-6-5-13-31-26(24)21-8-7-18(2)19(3)14-21;6-5-4(8(9)10)2-1-3-7-5/h5-17H,4H2,1-3H3,(H,30,34)(H2,35,36,37);1-3H. The van der Waals surface area contributed by atoms with E-state index < -0.39 is 11.0 Å². The number of ether oxygens (including phenoxy) is 1. The Kier molecular flexibility index (Phi) is 11.4. The summed E-state index contributed by atoms with van der Waals surface area (Å²) in [5.74, 6) is 0.601. The number of halogens is 1. The number of aryl methyl sites for hydroxylation is 2. The van der Waals surface area contributed by atoms with E-state index in [1.54, 1.807) is 23.6 Å². The van der Waals surface area contributed by atoms with Crippen molar-refractivity contribution in [2.24, 2.45) is 0 Å². The van der Waals surface area contributed by atoms with Crippen LogP contribution in [-0.2, 0) is 0 Å². The molecule has 0 bridgehead atoms. The van der Waals surface area contributed by atoms with Crippen molar-refractivity contribution >= 4 is 51.2 Å². The number of urea groups is 1. The molecule has 6 aromatic rings. The van der Waals surface area contributed by atoms with Gasteiger partial charge < -0.3 is 20.7 Å². The second-order valence-electron chi connectivity index (χ2n) is 10.3. The number of pyridine rings is 2. The number of carbonyl (C=O) groups is 1. The summed E-state index contributed by atoms with van der Waals surface area (Å²) in [5.41, 5.74) is 5.87. The number of nitrogens with one attached hydrogen (secondary N) is 3. The van der Waals surface area contributed by atoms with Crippen LogP contribution in [0.25, 0.3) is 21.7 Å². The highest BCUT2D eigenvalue weighted by molar-refractivity contribution is 7.18. The van der Waals surface area contributed by atoms with Gasteiger partial charge in [0.2, 0.25) is 5.15 Å². The Bertz CT molecular complexity index is 2060. The minimum atomic E-state index is -0.574. The highest BCUT2D eigenvalue weighted by Crippen LogP contribution is 2.31. The lowest BCUT2D eigenvalue weighted by Crippen LogP contribution is -2.20. The molecule has 0 spiro atoms. The lowest BCUT2D eigenvalue weighted by atomic mass is 10.0. The molecule has 0 aliphatic carbocycles. The van der Waals surface area contributed by atoms with Crippen molar-refractivity contribution in [1.29, 1.82) is 0 Å². The molecule has 4 heterocycles. The van der Waals surface area contributed by atoms with E-state index in [0.717, 1.165) is 33.2 Å². The number of rotatable bonds is 9. The van der Waals surface area contributed by atoms with E-state index in [1.807, 2.05) is 62.5 Å². The second kappa shape index (κ2) is 16.2. The third-order valence-electron chi connectivity index (χ3n) is 6.84. The van der Waals surface area contributed by atoms with Gasteiger partial charge in [-0.15, -0.1) is 0 Å². The van der Waals surface area contributed by atoms with Gasteiger partial charge in [-0.2, -0.15) is 0 Å². The van der Waals surface area contributed by atoms with Crippen LogP contribution in [-0.4, -0.2) is 42.4 Å². The van der Waals surface area contributed by atoms with E-state index >= 15 is 0 Å². The minimum Gasteiger partial charge on any atom is -0.424 e. The first-order valence-electron chi connectivity index (χ1n) is 14.9. The van der Waals surface area contributed by atoms with Crippen LogP contribution < -0.4 is 20.7 Å². The van der Waals surface area contributed by atoms with Crippen molar-refractivity contribution in [2.45, 2.75) is 20.8 Å². The largest absolute Gasteiger partial charge is 0.424 e. The molecule has 0 saturated carbocycles. The van der Waals surface area contributed by atoms with Crippen LogP contribution in [0.15, 0.2) is 97.7 Å². The summed E-state index contributed by atoms with van der Waals surface area (Å²) < 4.78 is 5.77. The fourth-order valence-corrected chi connectivity index (χ4v) is 5.37. The number of aromatic nitrogens is 5. The molecule has 2 amide bonds. The summed E-state index contributed by atoms with van der Waals surface area (Å²) in [7, 11) is 0. The van der Waals surface area contributed by atoms with Crippen LogP contribution in [0.4, 0.5) is 27.0 Å². The van der Waals surface area contributed by atoms with Gasteiger partial charge in [-0.3, -0.25) is 15.1 Å². The molecule has 0 unspecified atom stereocenters. The van der Waals surface area contributed by atoms with Crippen LogP contribution in [0, 0.1) is 24.0 Å². The van der Waals surface area contributed by atoms with E-state index in [-0.39, 0.29) is 16.9 Å². The maximum absolute atomic E-state index is 12.7. The molecule has 248 valence electrons. The zero-order chi connectivity index (χ0) is 34.8. The molecule has 6 rings (SSSR count). The molecule has 4 aromatic heterocycles. The van der Waals surface area contributed by atoms with Gasteiger partial charge in [0.1, 0.15) is 5.75 Å². The third kappa shape index (κ3) is 9.31. The van der Waals surface area contributed by atoms with Gasteiger partial charge in [0.05, 0.1) is 39.3 Å². The SMILES string of the molecule is CCNc1ncc(-c2ccc(Oc3ncc(NC(=O)Nc4cccnc4-c4ccc(C)c(C)c4)cn3)cc2)s1.O=[N+]([O-])c1cccnc1Cl. The lowest BCUT2D eigenvalue weighted by molar-refractivity contribution is -0.385. The Morgan fingerprint density at radius 2 is 1.59 bits per heavy atom. The average molecular weight is 696 g/mol. The van der Waals surface area contributed by atoms with Gasteiger partial charge in [0, 0.05) is 36.8 Å². The Morgan fingerprint density at radius 3 is 2.27 bits per heavy atom. The average Bonchev–Trinajstić information content (AvgIpc) is 3.57. The smallest absolute Gasteiger partial charge is 0.323 e. The Morgan fingerprint density at radius 1 is 0.878 bits per heavy atom. The number of benzene rings is 2. The summed E-state index contributed by atoms with van der Waals surface area (Å²) in [6.45, 7) is 6.98. The fourth-order valence-electron chi connectivity index (χ4n) is 4.29. The molecule has 0 saturated heterocycles. The number of anilines is 3. The molecule has 15 heteroatoms. The maximum Gasteiger partial charge on any atom is 0.323 e. The molecule has 49 heavy (non-hydrogen) atoms. The second-order valence-corrected chi connectivity index (χ2v) is 11.7. The predicted molar refractivity (Wildman–Crippen MR) is 192 cm³/mol. The molecule has 2 aromatic carbocycles. The zero-order valence-corrected chi connectivity index (χ0v) is 28.1. The van der Waals surface area contributed by atoms with Crippen LogP contribution in [0.1, 0.15) is 18.1 Å². The Labute approximate surface area is 290 Å².